The molecule has 0 aliphatic heterocycles. The molecule has 2 rings (SSSR count). The molecule has 0 aliphatic rings. The molecule has 1 N–H and O–H groups in total. The smallest absolute Gasteiger partial charge is 0.232 e. The van der Waals surface area contributed by atoms with Crippen molar-refractivity contribution in [3.05, 3.63) is 33.7 Å². The Morgan fingerprint density at radius 3 is 2.71 bits per heavy atom. The molecule has 0 saturated heterocycles. The molecule has 1 heterocycles. The van der Waals surface area contributed by atoms with Crippen LogP contribution >= 0.6 is 22.6 Å². The van der Waals surface area contributed by atoms with E-state index in [1.165, 1.54) is 4.68 Å². The first-order valence-electron chi connectivity index (χ1n) is 4.92. The lowest BCUT2D eigenvalue weighted by Crippen LogP contribution is -2.17. The predicted octanol–water partition coefficient (Wildman–Crippen LogP) is 0.996. The summed E-state index contributed by atoms with van der Waals surface area (Å²) >= 11 is 2.21. The highest BCUT2D eigenvalue weighted by Gasteiger charge is 2.09. The highest BCUT2D eigenvalue weighted by Crippen LogP contribution is 2.11. The van der Waals surface area contributed by atoms with Crippen LogP contribution in [-0.2, 0) is 18.3 Å². The molecule has 1 aromatic heterocycles. The van der Waals surface area contributed by atoms with Crippen LogP contribution < -0.4 is 5.32 Å². The van der Waals surface area contributed by atoms with Crippen LogP contribution in [0.5, 0.6) is 0 Å². The second kappa shape index (κ2) is 5.21. The molecule has 0 fully saturated rings. The standard InChI is InChI=1S/C10H10IN5O/c1-16-9(13-14-15-16)6-10(17)12-8-4-2-7(11)3-5-8/h2-5H,6H2,1H3,(H,12,17). The first kappa shape index (κ1) is 12.0. The van der Waals surface area contributed by atoms with Crippen molar-refractivity contribution in [3.63, 3.8) is 0 Å². The van der Waals surface area contributed by atoms with Gasteiger partial charge in [0.05, 0.1) is 6.42 Å². The first-order valence-corrected chi connectivity index (χ1v) is 5.99. The maximum atomic E-state index is 11.7. The van der Waals surface area contributed by atoms with E-state index in [-0.39, 0.29) is 12.3 Å². The SMILES string of the molecule is Cn1nnnc1CC(=O)Nc1ccc(I)cc1. The zero-order valence-corrected chi connectivity index (χ0v) is 11.2. The summed E-state index contributed by atoms with van der Waals surface area (Å²) in [6.07, 6.45) is 0.162. The zero-order valence-electron chi connectivity index (χ0n) is 9.09. The lowest BCUT2D eigenvalue weighted by Gasteiger charge is -2.04. The van der Waals surface area contributed by atoms with Gasteiger partial charge in [-0.1, -0.05) is 0 Å². The number of aromatic nitrogens is 4. The van der Waals surface area contributed by atoms with Gasteiger partial charge in [-0.05, 0) is 57.3 Å². The number of amides is 1. The summed E-state index contributed by atoms with van der Waals surface area (Å²) in [5, 5.41) is 13.7. The van der Waals surface area contributed by atoms with Gasteiger partial charge in [-0.25, -0.2) is 4.68 Å². The summed E-state index contributed by atoms with van der Waals surface area (Å²) in [6.45, 7) is 0. The normalized spacial score (nSPS) is 10.2. The van der Waals surface area contributed by atoms with E-state index in [0.717, 1.165) is 9.26 Å². The third-order valence-electron chi connectivity index (χ3n) is 2.15. The summed E-state index contributed by atoms with van der Waals surface area (Å²) in [5.74, 6) is 0.400. The van der Waals surface area contributed by atoms with Gasteiger partial charge in [0.2, 0.25) is 5.91 Å². The van der Waals surface area contributed by atoms with Gasteiger partial charge in [0, 0.05) is 16.3 Å². The van der Waals surface area contributed by atoms with E-state index in [0.29, 0.717) is 5.82 Å². The molecule has 6 nitrogen and oxygen atoms in total. The van der Waals surface area contributed by atoms with Gasteiger partial charge < -0.3 is 5.32 Å². The van der Waals surface area contributed by atoms with Crippen LogP contribution in [0.3, 0.4) is 0 Å². The summed E-state index contributed by atoms with van der Waals surface area (Å²) in [4.78, 5) is 11.7. The largest absolute Gasteiger partial charge is 0.326 e. The van der Waals surface area contributed by atoms with Crippen LogP contribution in [-0.4, -0.2) is 26.1 Å². The van der Waals surface area contributed by atoms with Crippen molar-refractivity contribution in [2.75, 3.05) is 5.32 Å². The zero-order chi connectivity index (χ0) is 12.3. The van der Waals surface area contributed by atoms with Gasteiger partial charge in [0.15, 0.2) is 5.82 Å². The quantitative estimate of drug-likeness (QED) is 0.844. The minimum Gasteiger partial charge on any atom is -0.326 e. The minimum absolute atomic E-state index is 0.135. The molecule has 88 valence electrons. The fourth-order valence-corrected chi connectivity index (χ4v) is 1.64. The molecule has 0 radical (unpaired) electrons. The summed E-state index contributed by atoms with van der Waals surface area (Å²) in [6, 6.07) is 7.57. The number of rotatable bonds is 3. The van der Waals surface area contributed by atoms with Crippen LogP contribution in [0.15, 0.2) is 24.3 Å². The Morgan fingerprint density at radius 1 is 1.41 bits per heavy atom. The van der Waals surface area contributed by atoms with Crippen molar-refractivity contribution >= 4 is 34.2 Å². The number of anilines is 1. The highest BCUT2D eigenvalue weighted by atomic mass is 127. The molecule has 2 aromatic rings. The van der Waals surface area contributed by atoms with Crippen molar-refractivity contribution in [2.24, 2.45) is 7.05 Å². The fourth-order valence-electron chi connectivity index (χ4n) is 1.28. The van der Waals surface area contributed by atoms with Crippen LogP contribution in [0.25, 0.3) is 0 Å². The number of carbonyl (C=O) groups excluding carboxylic acids is 1. The van der Waals surface area contributed by atoms with Gasteiger partial charge in [0.25, 0.3) is 0 Å². The van der Waals surface area contributed by atoms with E-state index >= 15 is 0 Å². The number of hydrogen-bond acceptors (Lipinski definition) is 4. The Labute approximate surface area is 112 Å². The third kappa shape index (κ3) is 3.22. The molecule has 1 aromatic carbocycles. The number of nitrogens with zero attached hydrogens (tertiary/aromatic N) is 4. The van der Waals surface area contributed by atoms with E-state index in [9.17, 15) is 4.79 Å². The van der Waals surface area contributed by atoms with Crippen molar-refractivity contribution in [1.82, 2.24) is 20.2 Å². The van der Waals surface area contributed by atoms with Gasteiger partial charge in [-0.15, -0.1) is 5.10 Å². The van der Waals surface area contributed by atoms with Crippen LogP contribution in [0.2, 0.25) is 0 Å². The molecule has 17 heavy (non-hydrogen) atoms. The molecule has 0 atom stereocenters. The predicted molar refractivity (Wildman–Crippen MR) is 70.3 cm³/mol. The fraction of sp³-hybridized carbons (Fsp3) is 0.200. The Kier molecular flexibility index (Phi) is 3.67. The third-order valence-corrected chi connectivity index (χ3v) is 2.87. The Morgan fingerprint density at radius 2 is 2.12 bits per heavy atom. The number of halogens is 1. The summed E-state index contributed by atoms with van der Waals surface area (Å²) in [7, 11) is 1.70. The van der Waals surface area contributed by atoms with E-state index < -0.39 is 0 Å². The molecule has 0 unspecified atom stereocenters. The van der Waals surface area contributed by atoms with Crippen molar-refractivity contribution in [3.8, 4) is 0 Å². The number of aryl methyl sites for hydroxylation is 1. The second-order valence-electron chi connectivity index (χ2n) is 3.45. The monoisotopic (exact) mass is 343 g/mol. The van der Waals surface area contributed by atoms with E-state index in [1.54, 1.807) is 7.05 Å². The molecule has 0 spiro atoms. The van der Waals surface area contributed by atoms with E-state index in [2.05, 4.69) is 43.4 Å². The Bertz CT molecular complexity index is 522. The number of nitrogens with one attached hydrogen (secondary N) is 1. The van der Waals surface area contributed by atoms with Gasteiger partial charge in [-0.2, -0.15) is 0 Å². The summed E-state index contributed by atoms with van der Waals surface area (Å²) < 4.78 is 2.60. The average Bonchev–Trinajstić information content (AvgIpc) is 2.68. The highest BCUT2D eigenvalue weighted by molar-refractivity contribution is 14.1. The van der Waals surface area contributed by atoms with Crippen LogP contribution in [0.4, 0.5) is 5.69 Å². The Hall–Kier alpha value is -1.51. The lowest BCUT2D eigenvalue weighted by atomic mass is 10.3. The maximum Gasteiger partial charge on any atom is 0.232 e. The van der Waals surface area contributed by atoms with Crippen molar-refractivity contribution in [2.45, 2.75) is 6.42 Å². The number of carbonyl (C=O) groups is 1. The van der Waals surface area contributed by atoms with Gasteiger partial charge in [0.1, 0.15) is 0 Å². The molecule has 1 amide bonds. The van der Waals surface area contributed by atoms with Crippen molar-refractivity contribution in [1.29, 1.82) is 0 Å². The molecule has 0 saturated carbocycles. The average molecular weight is 343 g/mol. The van der Waals surface area contributed by atoms with Gasteiger partial charge in [-0.3, -0.25) is 4.79 Å². The topological polar surface area (TPSA) is 72.7 Å². The maximum absolute atomic E-state index is 11.7. The van der Waals surface area contributed by atoms with E-state index in [4.69, 9.17) is 0 Å². The molecule has 0 aliphatic carbocycles. The van der Waals surface area contributed by atoms with Crippen LogP contribution in [0.1, 0.15) is 5.82 Å². The molecule has 7 heteroatoms. The number of benzene rings is 1. The molecular weight excluding hydrogens is 333 g/mol. The van der Waals surface area contributed by atoms with E-state index in [1.807, 2.05) is 24.3 Å². The molecular formula is C10H10IN5O. The van der Waals surface area contributed by atoms with Crippen LogP contribution in [0, 0.1) is 3.57 Å². The molecule has 0 bridgehead atoms. The number of tetrazole rings is 1. The lowest BCUT2D eigenvalue weighted by molar-refractivity contribution is -0.115. The first-order chi connectivity index (χ1) is 8.15. The Balaban J connectivity index is 1.98. The second-order valence-corrected chi connectivity index (χ2v) is 4.70. The van der Waals surface area contributed by atoms with Crippen molar-refractivity contribution < 1.29 is 4.79 Å². The number of hydrogen-bond donors (Lipinski definition) is 1. The summed E-state index contributed by atoms with van der Waals surface area (Å²) in [5.41, 5.74) is 0.769. The minimum atomic E-state index is -0.135. The van der Waals surface area contributed by atoms with Gasteiger partial charge >= 0.3 is 0 Å².